The zero-order valence-electron chi connectivity index (χ0n) is 39.3. The molecule has 14 atom stereocenters. The van der Waals surface area contributed by atoms with Crippen LogP contribution in [-0.2, 0) is 60.0 Å². The number of H-pyrrole nitrogens is 2. The van der Waals surface area contributed by atoms with E-state index in [0.29, 0.717) is 4.57 Å². The normalized spacial score (nSPS) is 28.0. The van der Waals surface area contributed by atoms with Crippen molar-refractivity contribution in [3.8, 4) is 6.07 Å². The molecule has 0 bridgehead atoms. The summed E-state index contributed by atoms with van der Waals surface area (Å²) < 4.78 is 110. The molecule has 3 aromatic heterocycles. The van der Waals surface area contributed by atoms with Crippen LogP contribution in [-0.4, -0.2) is 154 Å². The number of aliphatic hydroxyl groups is 2. The van der Waals surface area contributed by atoms with Crippen molar-refractivity contribution in [3.05, 3.63) is 136 Å². The molecule has 0 aliphatic carbocycles. The molecule has 404 valence electrons. The van der Waals surface area contributed by atoms with Gasteiger partial charge in [-0.3, -0.25) is 65.2 Å². The minimum atomic E-state index is -5.19. The Labute approximate surface area is 421 Å². The van der Waals surface area contributed by atoms with Crippen LogP contribution in [0.2, 0.25) is 0 Å². The number of aliphatic hydroxyl groups excluding tert-OH is 2. The number of nitrogens with one attached hydrogen (secondary N) is 3. The Bertz CT molecular complexity index is 3130. The molecule has 5 N–H and O–H groups in total. The molecular weight excluding hydrogens is 1050 g/mol. The van der Waals surface area contributed by atoms with Crippen LogP contribution in [0.4, 0.5) is 10.2 Å². The smallest absolute Gasteiger partial charge is 0.394 e. The first kappa shape index (κ1) is 56.5. The van der Waals surface area contributed by atoms with Gasteiger partial charge in [-0.1, -0.05) is 18.2 Å². The number of methoxy groups -OCH3 is 2. The second kappa shape index (κ2) is 25.1. The minimum absolute atomic E-state index is 0.113. The van der Waals surface area contributed by atoms with Gasteiger partial charge in [-0.15, -0.1) is 0 Å². The monoisotopic (exact) mass is 1100 g/mol. The van der Waals surface area contributed by atoms with Crippen LogP contribution in [0.5, 0.6) is 0 Å². The van der Waals surface area contributed by atoms with Gasteiger partial charge < -0.3 is 44.1 Å². The highest BCUT2D eigenvalue weighted by atomic mass is 31.2. The number of nitriles is 1. The summed E-state index contributed by atoms with van der Waals surface area (Å²) in [4.78, 5) is 86.4. The van der Waals surface area contributed by atoms with E-state index in [1.54, 1.807) is 36.4 Å². The van der Waals surface area contributed by atoms with Gasteiger partial charge in [0, 0.05) is 50.5 Å². The number of aromatic nitrogens is 6. The lowest BCUT2D eigenvalue weighted by Crippen LogP contribution is -2.40. The van der Waals surface area contributed by atoms with E-state index in [0.717, 1.165) is 40.8 Å². The second-order valence-electron chi connectivity index (χ2n) is 16.2. The third-order valence-electron chi connectivity index (χ3n) is 11.4. The van der Waals surface area contributed by atoms with Crippen molar-refractivity contribution in [1.29, 1.82) is 5.26 Å². The first-order valence-electron chi connectivity index (χ1n) is 22.3. The van der Waals surface area contributed by atoms with Gasteiger partial charge in [0.2, 0.25) is 6.54 Å². The summed E-state index contributed by atoms with van der Waals surface area (Å²) >= 11 is 0. The Hall–Kier alpha value is -6.22. The number of carbonyl (C=O) groups excluding carboxylic acids is 1. The molecule has 30 nitrogen and oxygen atoms in total. The molecule has 0 spiro atoms. The molecule has 4 aromatic rings. The fourth-order valence-electron chi connectivity index (χ4n) is 7.90. The molecule has 2 unspecified atom stereocenters. The highest BCUT2D eigenvalue weighted by Gasteiger charge is 2.55. The van der Waals surface area contributed by atoms with E-state index in [-0.39, 0.29) is 11.4 Å². The lowest BCUT2D eigenvalue weighted by atomic mass is 10.1. The lowest BCUT2D eigenvalue weighted by Gasteiger charge is -2.29. The number of benzene rings is 1. The van der Waals surface area contributed by atoms with E-state index in [1.165, 1.54) is 19.4 Å². The number of rotatable bonds is 24. The van der Waals surface area contributed by atoms with Crippen LogP contribution in [0.25, 0.3) is 4.85 Å². The number of hydrogen-bond acceptors (Lipinski definition) is 23. The van der Waals surface area contributed by atoms with E-state index in [4.69, 9.17) is 57.4 Å². The van der Waals surface area contributed by atoms with E-state index in [2.05, 4.69) is 15.1 Å². The van der Waals surface area contributed by atoms with Crippen molar-refractivity contribution in [2.75, 3.05) is 59.1 Å². The molecular formula is C42H48FN9O21P2. The van der Waals surface area contributed by atoms with Gasteiger partial charge in [0.05, 0.1) is 38.9 Å². The highest BCUT2D eigenvalue weighted by Crippen LogP contribution is 2.57. The van der Waals surface area contributed by atoms with E-state index >= 15 is 4.39 Å². The van der Waals surface area contributed by atoms with Crippen LogP contribution >= 0.6 is 15.6 Å². The maximum atomic E-state index is 16.2. The summed E-state index contributed by atoms with van der Waals surface area (Å²) in [6.07, 6.45) is -17.7. The molecule has 1 amide bonds. The number of amides is 1. The molecule has 3 fully saturated rings. The quantitative estimate of drug-likeness (QED) is 0.0347. The lowest BCUT2D eigenvalue weighted by molar-refractivity contribution is -0.0691. The first-order valence-corrected chi connectivity index (χ1v) is 25.3. The Balaban J connectivity index is 1.14. The molecule has 3 saturated heterocycles. The number of alkyl halides is 1. The molecule has 33 heteroatoms. The molecule has 0 saturated carbocycles. The van der Waals surface area contributed by atoms with E-state index < -0.39 is 169 Å². The van der Waals surface area contributed by atoms with Gasteiger partial charge >= 0.3 is 32.7 Å². The number of anilines is 1. The van der Waals surface area contributed by atoms with Gasteiger partial charge in [-0.25, -0.2) is 34.5 Å². The average molecular weight is 1100 g/mol. The maximum absolute atomic E-state index is 16.2. The predicted molar refractivity (Wildman–Crippen MR) is 247 cm³/mol. The van der Waals surface area contributed by atoms with Crippen LogP contribution < -0.4 is 33.5 Å². The third kappa shape index (κ3) is 13.2. The van der Waals surface area contributed by atoms with Gasteiger partial charge in [0.1, 0.15) is 61.3 Å². The predicted octanol–water partition coefficient (Wildman–Crippen LogP) is -0.105. The van der Waals surface area contributed by atoms with Gasteiger partial charge in [-0.05, 0) is 18.2 Å². The van der Waals surface area contributed by atoms with Gasteiger partial charge in [0.15, 0.2) is 24.9 Å². The summed E-state index contributed by atoms with van der Waals surface area (Å²) in [5.74, 6) is -0.665. The zero-order chi connectivity index (χ0) is 54.0. The topological polar surface area (TPSA) is 378 Å². The zero-order valence-corrected chi connectivity index (χ0v) is 41.1. The van der Waals surface area contributed by atoms with Crippen LogP contribution in [0, 0.1) is 17.9 Å². The number of halogens is 1. The van der Waals surface area contributed by atoms with E-state index in [1.807, 2.05) is 9.97 Å². The van der Waals surface area contributed by atoms with E-state index in [9.17, 15) is 53.4 Å². The number of hydrogen-bond donors (Lipinski definition) is 5. The summed E-state index contributed by atoms with van der Waals surface area (Å²) in [7, 11) is -8.01. The molecule has 6 heterocycles. The number of aromatic amines is 2. The molecule has 3 aliphatic rings. The van der Waals surface area contributed by atoms with Crippen LogP contribution in [0.3, 0.4) is 0 Å². The van der Waals surface area contributed by atoms with Crippen molar-refractivity contribution >= 4 is 27.4 Å². The fourth-order valence-corrected chi connectivity index (χ4v) is 10.7. The third-order valence-corrected chi connectivity index (χ3v) is 14.4. The number of phosphoric acid groups is 2. The second-order valence-corrected chi connectivity index (χ2v) is 19.4. The molecule has 0 radical (unpaired) electrons. The number of phosphoric ester groups is 2. The van der Waals surface area contributed by atoms with Gasteiger partial charge in [-0.2, -0.15) is 10.2 Å². The van der Waals surface area contributed by atoms with Crippen molar-refractivity contribution in [1.82, 2.24) is 28.7 Å². The van der Waals surface area contributed by atoms with Crippen molar-refractivity contribution in [2.45, 2.75) is 80.1 Å². The average Bonchev–Trinajstić information content (AvgIpc) is 4.02. The molecule has 3 aliphatic heterocycles. The minimum Gasteiger partial charge on any atom is -0.394 e. The molecule has 7 rings (SSSR count). The largest absolute Gasteiger partial charge is 0.475 e. The Morgan fingerprint density at radius 2 is 1.35 bits per heavy atom. The maximum Gasteiger partial charge on any atom is 0.475 e. The Morgan fingerprint density at radius 3 is 1.93 bits per heavy atom. The molecule has 1 aromatic carbocycles. The Kier molecular flexibility index (Phi) is 18.9. The highest BCUT2D eigenvalue weighted by molar-refractivity contribution is 7.48. The van der Waals surface area contributed by atoms with Crippen molar-refractivity contribution in [3.63, 3.8) is 0 Å². The Morgan fingerprint density at radius 1 is 0.787 bits per heavy atom. The number of nitrogens with zero attached hydrogens (tertiary/aromatic N) is 6. The number of ether oxygens (including phenoxy) is 5. The van der Waals surface area contributed by atoms with Crippen molar-refractivity contribution in [2.24, 2.45) is 0 Å². The fraction of sp³-hybridized carbons (Fsp3) is 0.500. The SMILES string of the molecule is [C-]#[N+]CCOP(=O)(OC[C@H]1O[C@@H](n2ccc(=O)[nH]c2=O)[C@H](OC)[C@@H]1OP(=O)(OCCC#N)OC[C@H]1O[C@@H](n2ccc(NC(=O)c3ccccc3)nc2=O)[C@H](OC)[C@@H]1O)O[C@H]1[C@@H](F)[C@H](n2ccc(=O)[nH]c2=O)O[C@@H]1CO. The van der Waals surface area contributed by atoms with Crippen LogP contribution in [0.1, 0.15) is 35.5 Å². The summed E-state index contributed by atoms with van der Waals surface area (Å²) in [5, 5.41) is 33.4. The standard InChI is InChI=1S/C42H48FN9O21P2/c1-45-14-19-66-75(62,72-32-24(20-53)69-37(30(32)43)50-16-11-28(54)48-41(50)59)68-22-26-33(35(64-3)39(71-26)52-17-12-29(55)49-42(52)60)73-74(61,65-18-7-13-44)67-21-25-31(56)34(63-2)38(70-25)51-15-10-27(47-40(51)58)46-36(57)23-8-5-4-6-9-23/h4-6,8-12,15-17,24-26,30-35,37-39,53,56H,7,14,18-22H2,2-3H3,(H,48,54,59)(H,49,55,60)(H,46,47,57,58)/t24-,25-,26-,30-,31-,32-,33-,34-,35-,37-,38-,39-,74?,75?/m1/s1. The first-order chi connectivity index (χ1) is 35.9. The summed E-state index contributed by atoms with van der Waals surface area (Å²) in [6.45, 7) is 2.61. The number of carbonyl (C=O) groups is 1. The van der Waals surface area contributed by atoms with Crippen LogP contribution in [0.15, 0.2) is 91.1 Å². The molecule has 75 heavy (non-hydrogen) atoms. The van der Waals surface area contributed by atoms with Gasteiger partial charge in [0.25, 0.3) is 17.0 Å². The summed E-state index contributed by atoms with van der Waals surface area (Å²) in [5.41, 5.74) is -4.44. The van der Waals surface area contributed by atoms with Crippen molar-refractivity contribution < 1.29 is 79.4 Å². The summed E-state index contributed by atoms with van der Waals surface area (Å²) in [6, 6.07) is 13.0.